The predicted octanol–water partition coefficient (Wildman–Crippen LogP) is 2.66. The number of nitrogens with one attached hydrogen (secondary N) is 1. The lowest BCUT2D eigenvalue weighted by molar-refractivity contribution is 0.187. The smallest absolute Gasteiger partial charge is 0.411 e. The number of benzene rings is 1. The molecule has 5 heteroatoms. The molecule has 0 unspecified atom stereocenters. The van der Waals surface area contributed by atoms with Crippen LogP contribution >= 0.6 is 11.6 Å². The third-order valence-electron chi connectivity index (χ3n) is 1.29. The lowest BCUT2D eigenvalue weighted by Crippen LogP contribution is -2.10. The summed E-state index contributed by atoms with van der Waals surface area (Å²) in [6.45, 7) is 0. The number of rotatable bonds is 1. The minimum absolute atomic E-state index is 0.214. The van der Waals surface area contributed by atoms with Crippen molar-refractivity contribution in [1.29, 1.82) is 0 Å². The van der Waals surface area contributed by atoms with Gasteiger partial charge in [0, 0.05) is 10.7 Å². The van der Waals surface area contributed by atoms with Gasteiger partial charge in [-0.25, -0.2) is 9.18 Å². The molecule has 0 aliphatic rings. The summed E-state index contributed by atoms with van der Waals surface area (Å²) in [5, 5.41) is 2.50. The Morgan fingerprint density at radius 1 is 1.54 bits per heavy atom. The second-order valence-electron chi connectivity index (χ2n) is 2.27. The first-order valence-electron chi connectivity index (χ1n) is 3.43. The zero-order chi connectivity index (χ0) is 9.84. The van der Waals surface area contributed by atoms with E-state index < -0.39 is 11.9 Å². The molecule has 0 spiro atoms. The maximum atomic E-state index is 12.7. The highest BCUT2D eigenvalue weighted by atomic mass is 35.5. The Kier molecular flexibility index (Phi) is 3.08. The maximum absolute atomic E-state index is 12.7. The van der Waals surface area contributed by atoms with Crippen LogP contribution in [0.1, 0.15) is 0 Å². The molecule has 1 amide bonds. The molecule has 0 aromatic heterocycles. The van der Waals surface area contributed by atoms with Crippen LogP contribution in [0.4, 0.5) is 14.9 Å². The first-order valence-corrected chi connectivity index (χ1v) is 3.80. The van der Waals surface area contributed by atoms with Gasteiger partial charge in [0.15, 0.2) is 0 Å². The molecule has 3 nitrogen and oxygen atoms in total. The quantitative estimate of drug-likeness (QED) is 0.762. The Morgan fingerprint density at radius 2 is 2.23 bits per heavy atom. The van der Waals surface area contributed by atoms with Crippen molar-refractivity contribution < 1.29 is 13.9 Å². The number of methoxy groups -OCH3 is 1. The van der Waals surface area contributed by atoms with E-state index in [1.165, 1.54) is 13.2 Å². The zero-order valence-electron chi connectivity index (χ0n) is 6.80. The minimum atomic E-state index is -0.665. The lowest BCUT2D eigenvalue weighted by atomic mass is 10.3. The molecular formula is C8H7ClFNO2. The largest absolute Gasteiger partial charge is 0.453 e. The molecule has 70 valence electrons. The molecule has 0 saturated heterocycles. The standard InChI is InChI=1S/C8H7ClFNO2/c1-13-8(12)11-7-3-5(9)2-6(10)4-7/h2-4H,1H3,(H,11,12). The fourth-order valence-electron chi connectivity index (χ4n) is 0.795. The zero-order valence-corrected chi connectivity index (χ0v) is 7.56. The van der Waals surface area contributed by atoms with Gasteiger partial charge in [-0.3, -0.25) is 5.32 Å². The van der Waals surface area contributed by atoms with Crippen LogP contribution < -0.4 is 5.32 Å². The van der Waals surface area contributed by atoms with Gasteiger partial charge in [0.1, 0.15) is 5.82 Å². The van der Waals surface area contributed by atoms with E-state index in [0.717, 1.165) is 12.1 Å². The van der Waals surface area contributed by atoms with Crippen molar-refractivity contribution in [3.63, 3.8) is 0 Å². The van der Waals surface area contributed by atoms with Gasteiger partial charge in [-0.2, -0.15) is 0 Å². The SMILES string of the molecule is COC(=O)Nc1cc(F)cc(Cl)c1. The van der Waals surface area contributed by atoms with Crippen LogP contribution in [0.5, 0.6) is 0 Å². The van der Waals surface area contributed by atoms with Crippen LogP contribution in [0.3, 0.4) is 0 Å². The van der Waals surface area contributed by atoms with Crippen molar-refractivity contribution in [3.05, 3.63) is 29.0 Å². The summed E-state index contributed by atoms with van der Waals surface area (Å²) in [5.74, 6) is -0.515. The second-order valence-corrected chi connectivity index (χ2v) is 2.71. The van der Waals surface area contributed by atoms with Gasteiger partial charge in [-0.05, 0) is 18.2 Å². The second kappa shape index (κ2) is 4.09. The minimum Gasteiger partial charge on any atom is -0.453 e. The number of hydrogen-bond donors (Lipinski definition) is 1. The van der Waals surface area contributed by atoms with Gasteiger partial charge < -0.3 is 4.74 Å². The molecule has 0 aliphatic heterocycles. The van der Waals surface area contributed by atoms with Gasteiger partial charge in [-0.15, -0.1) is 0 Å². The molecule has 0 aliphatic carbocycles. The average molecular weight is 204 g/mol. The van der Waals surface area contributed by atoms with Crippen LogP contribution in [0, 0.1) is 5.82 Å². The Balaban J connectivity index is 2.83. The van der Waals surface area contributed by atoms with Gasteiger partial charge in [-0.1, -0.05) is 11.6 Å². The maximum Gasteiger partial charge on any atom is 0.411 e. The van der Waals surface area contributed by atoms with E-state index >= 15 is 0 Å². The summed E-state index contributed by atoms with van der Waals surface area (Å²) in [4.78, 5) is 10.7. The summed E-state index contributed by atoms with van der Waals surface area (Å²) >= 11 is 5.54. The van der Waals surface area contributed by atoms with E-state index in [1.807, 2.05) is 0 Å². The molecule has 0 atom stereocenters. The molecule has 0 bridgehead atoms. The number of ether oxygens (including phenoxy) is 1. The third-order valence-corrected chi connectivity index (χ3v) is 1.51. The van der Waals surface area contributed by atoms with Crippen LogP contribution in [-0.4, -0.2) is 13.2 Å². The number of carbonyl (C=O) groups excluding carboxylic acids is 1. The molecule has 13 heavy (non-hydrogen) atoms. The average Bonchev–Trinajstić information content (AvgIpc) is 2.02. The first kappa shape index (κ1) is 9.80. The molecule has 1 aromatic rings. The van der Waals surface area contributed by atoms with Gasteiger partial charge in [0.2, 0.25) is 0 Å². The summed E-state index contributed by atoms with van der Waals surface area (Å²) in [6, 6.07) is 3.70. The normalized spacial score (nSPS) is 9.46. The van der Waals surface area contributed by atoms with Crippen molar-refractivity contribution >= 4 is 23.4 Å². The number of halogens is 2. The number of amides is 1. The molecular weight excluding hydrogens is 197 g/mol. The van der Waals surface area contributed by atoms with E-state index in [-0.39, 0.29) is 10.7 Å². The molecule has 0 fully saturated rings. The highest BCUT2D eigenvalue weighted by Gasteiger charge is 2.03. The van der Waals surface area contributed by atoms with Crippen molar-refractivity contribution in [1.82, 2.24) is 0 Å². The highest BCUT2D eigenvalue weighted by molar-refractivity contribution is 6.30. The van der Waals surface area contributed by atoms with E-state index in [0.29, 0.717) is 0 Å². The van der Waals surface area contributed by atoms with E-state index in [9.17, 15) is 9.18 Å². The van der Waals surface area contributed by atoms with Crippen LogP contribution in [0.25, 0.3) is 0 Å². The number of anilines is 1. The lowest BCUT2D eigenvalue weighted by Gasteiger charge is -2.03. The molecule has 0 heterocycles. The third kappa shape index (κ3) is 2.91. The summed E-state index contributed by atoms with van der Waals surface area (Å²) in [5.41, 5.74) is 0.261. The van der Waals surface area contributed by atoms with Gasteiger partial charge in [0.05, 0.1) is 7.11 Å². The van der Waals surface area contributed by atoms with E-state index in [1.54, 1.807) is 0 Å². The van der Waals surface area contributed by atoms with Crippen LogP contribution in [0.2, 0.25) is 5.02 Å². The Bertz CT molecular complexity index is 310. The van der Waals surface area contributed by atoms with Crippen molar-refractivity contribution in [2.24, 2.45) is 0 Å². The van der Waals surface area contributed by atoms with Gasteiger partial charge in [0.25, 0.3) is 0 Å². The Morgan fingerprint density at radius 3 is 2.77 bits per heavy atom. The topological polar surface area (TPSA) is 38.3 Å². The number of hydrogen-bond acceptors (Lipinski definition) is 2. The molecule has 0 saturated carbocycles. The molecule has 1 aromatic carbocycles. The highest BCUT2D eigenvalue weighted by Crippen LogP contribution is 2.17. The summed E-state index contributed by atoms with van der Waals surface area (Å²) in [6.07, 6.45) is -0.665. The molecule has 0 radical (unpaired) electrons. The molecule has 1 rings (SSSR count). The van der Waals surface area contributed by atoms with Crippen LogP contribution in [0.15, 0.2) is 18.2 Å². The van der Waals surface area contributed by atoms with Crippen molar-refractivity contribution in [2.45, 2.75) is 0 Å². The Hall–Kier alpha value is -1.29. The molecule has 1 N–H and O–H groups in total. The fraction of sp³-hybridized carbons (Fsp3) is 0.125. The van der Waals surface area contributed by atoms with Gasteiger partial charge >= 0.3 is 6.09 Å². The van der Waals surface area contributed by atoms with Crippen LogP contribution in [-0.2, 0) is 4.74 Å². The fourth-order valence-corrected chi connectivity index (χ4v) is 1.02. The van der Waals surface area contributed by atoms with E-state index in [2.05, 4.69) is 10.1 Å². The van der Waals surface area contributed by atoms with E-state index in [4.69, 9.17) is 11.6 Å². The Labute approximate surface area is 79.5 Å². The monoisotopic (exact) mass is 203 g/mol. The first-order chi connectivity index (χ1) is 6.11. The predicted molar refractivity (Wildman–Crippen MR) is 47.4 cm³/mol. The summed E-state index contributed by atoms with van der Waals surface area (Å²) < 4.78 is 17.0. The number of carbonyl (C=O) groups is 1. The van der Waals surface area contributed by atoms with Crippen molar-refractivity contribution in [2.75, 3.05) is 12.4 Å². The van der Waals surface area contributed by atoms with Crippen molar-refractivity contribution in [3.8, 4) is 0 Å². The summed E-state index contributed by atoms with van der Waals surface area (Å²) in [7, 11) is 1.22.